The Bertz CT molecular complexity index is 831. The van der Waals surface area contributed by atoms with Gasteiger partial charge in [0.25, 0.3) is 11.8 Å². The zero-order chi connectivity index (χ0) is 20.6. The lowest BCUT2D eigenvalue weighted by Gasteiger charge is -2.14. The molecule has 2 aromatic carbocycles. The molecule has 0 saturated carbocycles. The molecule has 1 atom stereocenters. The van der Waals surface area contributed by atoms with Gasteiger partial charge in [-0.25, -0.2) is 0 Å². The van der Waals surface area contributed by atoms with Gasteiger partial charge in [-0.3, -0.25) is 19.3 Å². The first-order chi connectivity index (χ1) is 14.1. The Hall–Kier alpha value is -2.99. The average Bonchev–Trinajstić information content (AvgIpc) is 2.99. The molecule has 6 nitrogen and oxygen atoms in total. The van der Waals surface area contributed by atoms with E-state index in [9.17, 15) is 14.4 Å². The lowest BCUT2D eigenvalue weighted by molar-refractivity contribution is -0.121. The molecule has 0 saturated heterocycles. The van der Waals surface area contributed by atoms with Crippen molar-refractivity contribution in [3.63, 3.8) is 0 Å². The lowest BCUT2D eigenvalue weighted by atomic mass is 10.1. The molecule has 3 amide bonds. The molecule has 1 N–H and O–H groups in total. The molecule has 0 aliphatic carbocycles. The summed E-state index contributed by atoms with van der Waals surface area (Å²) < 4.78 is 5.78. The minimum atomic E-state index is -0.282. The number of amides is 3. The molecule has 3 rings (SSSR count). The van der Waals surface area contributed by atoms with E-state index in [1.807, 2.05) is 37.3 Å². The fourth-order valence-corrected chi connectivity index (χ4v) is 3.31. The van der Waals surface area contributed by atoms with Crippen molar-refractivity contribution in [1.82, 2.24) is 10.2 Å². The molecule has 0 spiro atoms. The third-order valence-corrected chi connectivity index (χ3v) is 4.94. The highest BCUT2D eigenvalue weighted by molar-refractivity contribution is 6.21. The van der Waals surface area contributed by atoms with Gasteiger partial charge in [-0.15, -0.1) is 0 Å². The SMILES string of the molecule is CC(OCCCNC(=O)CCCN1C(=O)c2ccccc2C1=O)c1ccccc1. The summed E-state index contributed by atoms with van der Waals surface area (Å²) in [6.45, 7) is 3.35. The lowest BCUT2D eigenvalue weighted by Crippen LogP contribution is -2.32. The van der Waals surface area contributed by atoms with Crippen molar-refractivity contribution < 1.29 is 19.1 Å². The van der Waals surface area contributed by atoms with E-state index >= 15 is 0 Å². The maximum Gasteiger partial charge on any atom is 0.261 e. The molecule has 0 bridgehead atoms. The zero-order valence-electron chi connectivity index (χ0n) is 16.6. The Labute approximate surface area is 170 Å². The Morgan fingerprint density at radius 2 is 1.59 bits per heavy atom. The van der Waals surface area contributed by atoms with Crippen LogP contribution in [0.4, 0.5) is 0 Å². The number of nitrogens with zero attached hydrogens (tertiary/aromatic N) is 1. The molecule has 0 fully saturated rings. The smallest absolute Gasteiger partial charge is 0.261 e. The maximum absolute atomic E-state index is 12.3. The van der Waals surface area contributed by atoms with Gasteiger partial charge < -0.3 is 10.1 Å². The van der Waals surface area contributed by atoms with E-state index < -0.39 is 0 Å². The van der Waals surface area contributed by atoms with Crippen LogP contribution in [0, 0.1) is 0 Å². The minimum absolute atomic E-state index is 0.0200. The van der Waals surface area contributed by atoms with E-state index in [0.717, 1.165) is 12.0 Å². The van der Waals surface area contributed by atoms with Gasteiger partial charge in [0.15, 0.2) is 0 Å². The van der Waals surface area contributed by atoms with E-state index in [1.54, 1.807) is 24.3 Å². The number of rotatable bonds is 10. The first kappa shape index (κ1) is 20.7. The molecule has 152 valence electrons. The highest BCUT2D eigenvalue weighted by atomic mass is 16.5. The first-order valence-corrected chi connectivity index (χ1v) is 9.96. The van der Waals surface area contributed by atoms with Crippen LogP contribution in [0.3, 0.4) is 0 Å². The fraction of sp³-hybridized carbons (Fsp3) is 0.348. The molecule has 0 radical (unpaired) electrons. The van der Waals surface area contributed by atoms with Crippen LogP contribution in [-0.4, -0.2) is 42.3 Å². The van der Waals surface area contributed by atoms with Crippen LogP contribution in [0.1, 0.15) is 58.6 Å². The van der Waals surface area contributed by atoms with Gasteiger partial charge in [0.2, 0.25) is 5.91 Å². The van der Waals surface area contributed by atoms with Crippen molar-refractivity contribution in [2.24, 2.45) is 0 Å². The molecule has 1 aliphatic rings. The van der Waals surface area contributed by atoms with Crippen molar-refractivity contribution in [2.75, 3.05) is 19.7 Å². The maximum atomic E-state index is 12.3. The number of imide groups is 1. The normalized spacial score (nSPS) is 14.0. The summed E-state index contributed by atoms with van der Waals surface area (Å²) in [5.74, 6) is -0.649. The molecule has 6 heteroatoms. The Morgan fingerprint density at radius 1 is 0.966 bits per heavy atom. The second-order valence-corrected chi connectivity index (χ2v) is 7.04. The predicted octanol–water partition coefficient (Wildman–Crippen LogP) is 3.35. The van der Waals surface area contributed by atoms with Gasteiger partial charge in [-0.05, 0) is 37.5 Å². The van der Waals surface area contributed by atoms with E-state index in [-0.39, 0.29) is 36.8 Å². The quantitative estimate of drug-likeness (QED) is 0.495. The second kappa shape index (κ2) is 9.98. The molecular formula is C23H26N2O4. The number of carbonyl (C=O) groups excluding carboxylic acids is 3. The van der Waals surface area contributed by atoms with Crippen LogP contribution in [0.2, 0.25) is 0 Å². The van der Waals surface area contributed by atoms with Crippen LogP contribution >= 0.6 is 0 Å². The van der Waals surface area contributed by atoms with Crippen molar-refractivity contribution in [3.8, 4) is 0 Å². The summed E-state index contributed by atoms with van der Waals surface area (Å²) in [5, 5.41) is 2.85. The first-order valence-electron chi connectivity index (χ1n) is 9.96. The summed E-state index contributed by atoms with van der Waals surface area (Å²) >= 11 is 0. The number of ether oxygens (including phenoxy) is 1. The van der Waals surface area contributed by atoms with Gasteiger partial charge in [0.05, 0.1) is 17.2 Å². The number of carbonyl (C=O) groups is 3. The van der Waals surface area contributed by atoms with Crippen LogP contribution in [0.25, 0.3) is 0 Å². The second-order valence-electron chi connectivity index (χ2n) is 7.04. The molecular weight excluding hydrogens is 368 g/mol. The standard InChI is InChI=1S/C23H26N2O4/c1-17(18-9-3-2-4-10-18)29-16-8-14-24-21(26)13-7-15-25-22(27)19-11-5-6-12-20(19)23(25)28/h2-6,9-12,17H,7-8,13-16H2,1H3,(H,24,26). The molecule has 1 aliphatic heterocycles. The van der Waals surface area contributed by atoms with Crippen LogP contribution in [-0.2, 0) is 9.53 Å². The van der Waals surface area contributed by atoms with Gasteiger partial charge in [0.1, 0.15) is 0 Å². The average molecular weight is 394 g/mol. The Balaban J connectivity index is 1.29. The summed E-state index contributed by atoms with van der Waals surface area (Å²) in [7, 11) is 0. The van der Waals surface area contributed by atoms with E-state index in [2.05, 4.69) is 5.32 Å². The van der Waals surface area contributed by atoms with Crippen LogP contribution in [0.15, 0.2) is 54.6 Å². The third kappa shape index (κ3) is 5.29. The Morgan fingerprint density at radius 3 is 2.24 bits per heavy atom. The van der Waals surface area contributed by atoms with Gasteiger partial charge >= 0.3 is 0 Å². The highest BCUT2D eigenvalue weighted by Gasteiger charge is 2.34. The molecule has 2 aromatic rings. The number of fused-ring (bicyclic) bond motifs is 1. The summed E-state index contributed by atoms with van der Waals surface area (Å²) in [4.78, 5) is 37.7. The van der Waals surface area contributed by atoms with E-state index in [1.165, 1.54) is 4.90 Å². The van der Waals surface area contributed by atoms with E-state index in [4.69, 9.17) is 4.74 Å². The number of benzene rings is 2. The summed E-state index contributed by atoms with van der Waals surface area (Å²) in [6.07, 6.45) is 1.46. The monoisotopic (exact) mass is 394 g/mol. The topological polar surface area (TPSA) is 75.7 Å². The van der Waals surface area contributed by atoms with Gasteiger partial charge in [-0.1, -0.05) is 42.5 Å². The molecule has 0 aromatic heterocycles. The summed E-state index contributed by atoms with van der Waals surface area (Å²) in [5.41, 5.74) is 2.00. The van der Waals surface area contributed by atoms with Crippen LogP contribution in [0.5, 0.6) is 0 Å². The van der Waals surface area contributed by atoms with E-state index in [0.29, 0.717) is 30.7 Å². The number of hydrogen-bond donors (Lipinski definition) is 1. The Kier molecular flexibility index (Phi) is 7.14. The van der Waals surface area contributed by atoms with Crippen molar-refractivity contribution in [1.29, 1.82) is 0 Å². The molecule has 1 heterocycles. The molecule has 1 unspecified atom stereocenters. The largest absolute Gasteiger partial charge is 0.374 e. The minimum Gasteiger partial charge on any atom is -0.374 e. The van der Waals surface area contributed by atoms with Crippen molar-refractivity contribution in [2.45, 2.75) is 32.3 Å². The third-order valence-electron chi connectivity index (χ3n) is 4.94. The highest BCUT2D eigenvalue weighted by Crippen LogP contribution is 2.22. The number of hydrogen-bond acceptors (Lipinski definition) is 4. The van der Waals surface area contributed by atoms with Gasteiger partial charge in [-0.2, -0.15) is 0 Å². The van der Waals surface area contributed by atoms with Crippen molar-refractivity contribution in [3.05, 3.63) is 71.3 Å². The zero-order valence-corrected chi connectivity index (χ0v) is 16.6. The fourth-order valence-electron chi connectivity index (χ4n) is 3.31. The molecule has 29 heavy (non-hydrogen) atoms. The summed E-state index contributed by atoms with van der Waals surface area (Å²) in [6, 6.07) is 16.8. The van der Waals surface area contributed by atoms with Crippen LogP contribution < -0.4 is 5.32 Å². The van der Waals surface area contributed by atoms with Gasteiger partial charge in [0, 0.05) is 26.1 Å². The predicted molar refractivity (Wildman–Crippen MR) is 109 cm³/mol. The number of nitrogens with one attached hydrogen (secondary N) is 1. The van der Waals surface area contributed by atoms with Crippen molar-refractivity contribution >= 4 is 17.7 Å².